The molecule has 0 spiro atoms. The third kappa shape index (κ3) is 2.11. The second kappa shape index (κ2) is 4.13. The Kier molecular flexibility index (Phi) is 2.79. The number of nitrogen functional groups attached to an aromatic ring is 1. The molecule has 0 unspecified atom stereocenters. The van der Waals surface area contributed by atoms with Crippen LogP contribution in [0.15, 0.2) is 30.3 Å². The predicted octanol–water partition coefficient (Wildman–Crippen LogP) is 3.66. The molecule has 0 heterocycles. The van der Waals surface area contributed by atoms with Gasteiger partial charge in [-0.3, -0.25) is 0 Å². The van der Waals surface area contributed by atoms with Gasteiger partial charge in [-0.1, -0.05) is 12.1 Å². The molecule has 0 aliphatic rings. The lowest BCUT2D eigenvalue weighted by Crippen LogP contribution is -1.93. The van der Waals surface area contributed by atoms with Gasteiger partial charge in [0, 0.05) is 5.69 Å². The molecule has 0 amide bonds. The summed E-state index contributed by atoms with van der Waals surface area (Å²) in [5.41, 5.74) is 7.90. The fourth-order valence-corrected chi connectivity index (χ4v) is 1.54. The van der Waals surface area contributed by atoms with Crippen LogP contribution in [-0.4, -0.2) is 0 Å². The SMILES string of the molecule is Cc1ccc(-c2cc(F)c(F)c(F)c2)cc1N. The van der Waals surface area contributed by atoms with Gasteiger partial charge in [-0.15, -0.1) is 0 Å². The van der Waals surface area contributed by atoms with E-state index < -0.39 is 17.5 Å². The van der Waals surface area contributed by atoms with Gasteiger partial charge in [0.05, 0.1) is 0 Å². The number of anilines is 1. The average molecular weight is 237 g/mol. The van der Waals surface area contributed by atoms with Crippen LogP contribution in [0.5, 0.6) is 0 Å². The van der Waals surface area contributed by atoms with E-state index in [0.717, 1.165) is 17.7 Å². The third-order valence-corrected chi connectivity index (χ3v) is 2.60. The Morgan fingerprint density at radius 1 is 0.882 bits per heavy atom. The summed E-state index contributed by atoms with van der Waals surface area (Å²) in [5, 5.41) is 0. The van der Waals surface area contributed by atoms with Gasteiger partial charge in [0.15, 0.2) is 17.5 Å². The van der Waals surface area contributed by atoms with Gasteiger partial charge < -0.3 is 5.73 Å². The van der Waals surface area contributed by atoms with Crippen LogP contribution in [0.4, 0.5) is 18.9 Å². The molecule has 0 aliphatic heterocycles. The molecule has 2 rings (SSSR count). The van der Waals surface area contributed by atoms with Crippen LogP contribution in [0, 0.1) is 24.4 Å². The molecule has 4 heteroatoms. The van der Waals surface area contributed by atoms with Gasteiger partial charge in [-0.25, -0.2) is 13.2 Å². The van der Waals surface area contributed by atoms with E-state index in [4.69, 9.17) is 5.73 Å². The summed E-state index contributed by atoms with van der Waals surface area (Å²) < 4.78 is 38.9. The Hall–Kier alpha value is -1.97. The van der Waals surface area contributed by atoms with Gasteiger partial charge in [0.25, 0.3) is 0 Å². The molecule has 2 aromatic rings. The van der Waals surface area contributed by atoms with Crippen LogP contribution in [-0.2, 0) is 0 Å². The summed E-state index contributed by atoms with van der Waals surface area (Å²) in [6.45, 7) is 1.82. The molecule has 17 heavy (non-hydrogen) atoms. The van der Waals surface area contributed by atoms with E-state index in [2.05, 4.69) is 0 Å². The predicted molar refractivity (Wildman–Crippen MR) is 60.9 cm³/mol. The van der Waals surface area contributed by atoms with E-state index in [1.54, 1.807) is 18.2 Å². The molecule has 0 atom stereocenters. The van der Waals surface area contributed by atoms with E-state index in [1.165, 1.54) is 0 Å². The van der Waals surface area contributed by atoms with Crippen LogP contribution >= 0.6 is 0 Å². The van der Waals surface area contributed by atoms with Crippen molar-refractivity contribution < 1.29 is 13.2 Å². The van der Waals surface area contributed by atoms with Crippen LogP contribution in [0.25, 0.3) is 11.1 Å². The first-order valence-corrected chi connectivity index (χ1v) is 5.00. The number of nitrogens with two attached hydrogens (primary N) is 1. The van der Waals surface area contributed by atoms with Crippen molar-refractivity contribution >= 4 is 5.69 Å². The van der Waals surface area contributed by atoms with E-state index in [0.29, 0.717) is 11.3 Å². The molecule has 0 radical (unpaired) electrons. The van der Waals surface area contributed by atoms with Gasteiger partial charge in [-0.05, 0) is 41.8 Å². The standard InChI is InChI=1S/C13H10F3N/c1-7-2-3-8(6-12(7)17)9-4-10(14)13(16)11(15)5-9/h2-6H,17H2,1H3. The number of benzene rings is 2. The molecule has 2 N–H and O–H groups in total. The van der Waals surface area contributed by atoms with Crippen molar-refractivity contribution in [2.24, 2.45) is 0 Å². The Bertz CT molecular complexity index is 556. The van der Waals surface area contributed by atoms with Crippen molar-refractivity contribution in [2.75, 3.05) is 5.73 Å². The average Bonchev–Trinajstić information content (AvgIpc) is 2.29. The Labute approximate surface area is 96.7 Å². The lowest BCUT2D eigenvalue weighted by molar-refractivity contribution is 0.448. The highest BCUT2D eigenvalue weighted by molar-refractivity contribution is 5.69. The maximum absolute atomic E-state index is 13.1. The minimum atomic E-state index is -1.46. The number of hydrogen-bond acceptors (Lipinski definition) is 1. The largest absolute Gasteiger partial charge is 0.398 e. The second-order valence-electron chi connectivity index (χ2n) is 3.83. The zero-order valence-corrected chi connectivity index (χ0v) is 9.10. The summed E-state index contributed by atoms with van der Waals surface area (Å²) in [5.74, 6) is -3.88. The molecule has 0 aromatic heterocycles. The first-order valence-electron chi connectivity index (χ1n) is 5.00. The van der Waals surface area contributed by atoms with E-state index in [1.807, 2.05) is 6.92 Å². The smallest absolute Gasteiger partial charge is 0.194 e. The van der Waals surface area contributed by atoms with Crippen molar-refractivity contribution in [3.05, 3.63) is 53.3 Å². The number of aryl methyl sites for hydroxylation is 1. The fourth-order valence-electron chi connectivity index (χ4n) is 1.54. The topological polar surface area (TPSA) is 26.0 Å². The first-order chi connectivity index (χ1) is 7.99. The van der Waals surface area contributed by atoms with Crippen LogP contribution < -0.4 is 5.73 Å². The first kappa shape index (κ1) is 11.5. The highest BCUT2D eigenvalue weighted by Crippen LogP contribution is 2.26. The molecule has 0 saturated heterocycles. The summed E-state index contributed by atoms with van der Waals surface area (Å²) in [6, 6.07) is 6.91. The lowest BCUT2D eigenvalue weighted by Gasteiger charge is -2.06. The lowest BCUT2D eigenvalue weighted by atomic mass is 10.0. The van der Waals surface area contributed by atoms with Crippen LogP contribution in [0.1, 0.15) is 5.56 Å². The van der Waals surface area contributed by atoms with Crippen molar-refractivity contribution in [2.45, 2.75) is 6.92 Å². The monoisotopic (exact) mass is 237 g/mol. The van der Waals surface area contributed by atoms with Crippen molar-refractivity contribution in [3.8, 4) is 11.1 Å². The number of hydrogen-bond donors (Lipinski definition) is 1. The number of rotatable bonds is 1. The minimum Gasteiger partial charge on any atom is -0.398 e. The highest BCUT2D eigenvalue weighted by Gasteiger charge is 2.11. The molecule has 0 saturated carbocycles. The van der Waals surface area contributed by atoms with Crippen molar-refractivity contribution in [1.29, 1.82) is 0 Å². The normalized spacial score (nSPS) is 10.6. The number of halogens is 3. The Morgan fingerprint density at radius 2 is 1.47 bits per heavy atom. The van der Waals surface area contributed by atoms with E-state index in [9.17, 15) is 13.2 Å². The van der Waals surface area contributed by atoms with Gasteiger partial charge in [-0.2, -0.15) is 0 Å². The zero-order valence-electron chi connectivity index (χ0n) is 9.10. The minimum absolute atomic E-state index is 0.258. The Morgan fingerprint density at radius 3 is 2.00 bits per heavy atom. The van der Waals surface area contributed by atoms with Crippen molar-refractivity contribution in [1.82, 2.24) is 0 Å². The third-order valence-electron chi connectivity index (χ3n) is 2.60. The highest BCUT2D eigenvalue weighted by atomic mass is 19.2. The summed E-state index contributed by atoms with van der Waals surface area (Å²) in [7, 11) is 0. The zero-order chi connectivity index (χ0) is 12.6. The molecule has 1 nitrogen and oxygen atoms in total. The van der Waals surface area contributed by atoms with E-state index in [-0.39, 0.29) is 5.56 Å². The molecule has 2 aromatic carbocycles. The van der Waals surface area contributed by atoms with Crippen LogP contribution in [0.3, 0.4) is 0 Å². The molecule has 0 fully saturated rings. The summed E-state index contributed by atoms with van der Waals surface area (Å²) in [6.07, 6.45) is 0. The summed E-state index contributed by atoms with van der Waals surface area (Å²) in [4.78, 5) is 0. The Balaban J connectivity index is 2.57. The van der Waals surface area contributed by atoms with E-state index >= 15 is 0 Å². The maximum atomic E-state index is 13.1. The van der Waals surface area contributed by atoms with Crippen molar-refractivity contribution in [3.63, 3.8) is 0 Å². The molecule has 0 bridgehead atoms. The molecular formula is C13H10F3N. The molecule has 88 valence electrons. The maximum Gasteiger partial charge on any atom is 0.194 e. The van der Waals surface area contributed by atoms with Gasteiger partial charge in [0.2, 0.25) is 0 Å². The molecular weight excluding hydrogens is 227 g/mol. The van der Waals surface area contributed by atoms with Crippen LogP contribution in [0.2, 0.25) is 0 Å². The fraction of sp³-hybridized carbons (Fsp3) is 0.0769. The van der Waals surface area contributed by atoms with Gasteiger partial charge in [0.1, 0.15) is 0 Å². The second-order valence-corrected chi connectivity index (χ2v) is 3.83. The quantitative estimate of drug-likeness (QED) is 0.594. The summed E-state index contributed by atoms with van der Waals surface area (Å²) >= 11 is 0. The molecule has 0 aliphatic carbocycles. The van der Waals surface area contributed by atoms with Gasteiger partial charge >= 0.3 is 0 Å².